The monoisotopic (exact) mass is 166 g/mol. The maximum Gasteiger partial charge on any atom is 0.223 e. The van der Waals surface area contributed by atoms with Crippen molar-refractivity contribution in [3.05, 3.63) is 0 Å². The van der Waals surface area contributed by atoms with Gasteiger partial charge in [0.25, 0.3) is 0 Å². The highest BCUT2D eigenvalue weighted by molar-refractivity contribution is 5.79. The van der Waals surface area contributed by atoms with Gasteiger partial charge in [0, 0.05) is 5.92 Å². The minimum atomic E-state index is 0.0689. The predicted octanol–water partition coefficient (Wildman–Crippen LogP) is -0.409. The van der Waals surface area contributed by atoms with Crippen LogP contribution in [0.5, 0.6) is 0 Å². The summed E-state index contributed by atoms with van der Waals surface area (Å²) in [4.78, 5) is 11.3. The van der Waals surface area contributed by atoms with Crippen molar-refractivity contribution in [2.45, 2.75) is 6.92 Å². The van der Waals surface area contributed by atoms with Crippen LogP contribution in [0.4, 0.5) is 0 Å². The summed E-state index contributed by atoms with van der Waals surface area (Å²) in [6, 6.07) is 0. The SMILES string of the molecule is C#CCNC(=O)C(C)C1CNC1. The van der Waals surface area contributed by atoms with Gasteiger partial charge in [-0.15, -0.1) is 6.42 Å². The molecule has 3 heteroatoms. The molecular weight excluding hydrogens is 152 g/mol. The van der Waals surface area contributed by atoms with Crippen LogP contribution in [0.15, 0.2) is 0 Å². The molecule has 0 radical (unpaired) electrons. The van der Waals surface area contributed by atoms with E-state index < -0.39 is 0 Å². The van der Waals surface area contributed by atoms with Gasteiger partial charge in [0.2, 0.25) is 5.91 Å². The van der Waals surface area contributed by atoms with Crippen LogP contribution < -0.4 is 10.6 Å². The topological polar surface area (TPSA) is 41.1 Å². The van der Waals surface area contributed by atoms with Gasteiger partial charge in [-0.3, -0.25) is 4.79 Å². The lowest BCUT2D eigenvalue weighted by molar-refractivity contribution is -0.126. The van der Waals surface area contributed by atoms with Crippen molar-refractivity contribution in [3.63, 3.8) is 0 Å². The molecule has 0 bridgehead atoms. The maximum atomic E-state index is 11.3. The van der Waals surface area contributed by atoms with Crippen LogP contribution in [0.25, 0.3) is 0 Å². The number of amides is 1. The molecule has 3 nitrogen and oxygen atoms in total. The van der Waals surface area contributed by atoms with Crippen molar-refractivity contribution >= 4 is 5.91 Å². The summed E-state index contributed by atoms with van der Waals surface area (Å²) in [5.74, 6) is 3.02. The first-order valence-electron chi connectivity index (χ1n) is 4.17. The molecule has 0 aromatic heterocycles. The van der Waals surface area contributed by atoms with Crippen molar-refractivity contribution in [2.24, 2.45) is 11.8 Å². The summed E-state index contributed by atoms with van der Waals surface area (Å²) >= 11 is 0. The van der Waals surface area contributed by atoms with E-state index in [1.54, 1.807) is 0 Å². The maximum absolute atomic E-state index is 11.3. The van der Waals surface area contributed by atoms with Crippen LogP contribution in [0.3, 0.4) is 0 Å². The fourth-order valence-electron chi connectivity index (χ4n) is 1.18. The van der Waals surface area contributed by atoms with Crippen LogP contribution in [-0.4, -0.2) is 25.5 Å². The Morgan fingerprint density at radius 3 is 2.92 bits per heavy atom. The summed E-state index contributed by atoms with van der Waals surface area (Å²) < 4.78 is 0. The van der Waals surface area contributed by atoms with Gasteiger partial charge in [-0.05, 0) is 19.0 Å². The van der Waals surface area contributed by atoms with Crippen molar-refractivity contribution in [1.29, 1.82) is 0 Å². The van der Waals surface area contributed by atoms with Crippen LogP contribution in [0.1, 0.15) is 6.92 Å². The highest BCUT2D eigenvalue weighted by Crippen LogP contribution is 2.15. The fourth-order valence-corrected chi connectivity index (χ4v) is 1.18. The Kier molecular flexibility index (Phi) is 3.12. The highest BCUT2D eigenvalue weighted by Gasteiger charge is 2.28. The summed E-state index contributed by atoms with van der Waals surface area (Å²) in [7, 11) is 0. The van der Waals surface area contributed by atoms with Crippen molar-refractivity contribution in [3.8, 4) is 12.3 Å². The molecule has 66 valence electrons. The molecular formula is C9H14N2O. The Morgan fingerprint density at radius 2 is 2.50 bits per heavy atom. The molecule has 1 rings (SSSR count). The first kappa shape index (κ1) is 9.08. The first-order chi connectivity index (χ1) is 5.75. The predicted molar refractivity (Wildman–Crippen MR) is 47.4 cm³/mol. The molecule has 1 amide bonds. The fraction of sp³-hybridized carbons (Fsp3) is 0.667. The van der Waals surface area contributed by atoms with Gasteiger partial charge < -0.3 is 10.6 Å². The molecule has 0 aliphatic carbocycles. The average molecular weight is 166 g/mol. The minimum Gasteiger partial charge on any atom is -0.345 e. The van der Waals surface area contributed by atoms with E-state index in [0.29, 0.717) is 12.5 Å². The van der Waals surface area contributed by atoms with Gasteiger partial charge in [-0.25, -0.2) is 0 Å². The van der Waals surface area contributed by atoms with Crippen LogP contribution in [0.2, 0.25) is 0 Å². The molecule has 0 saturated carbocycles. The normalized spacial score (nSPS) is 19.0. The third-order valence-electron chi connectivity index (χ3n) is 2.30. The van der Waals surface area contributed by atoms with E-state index in [1.165, 1.54) is 0 Å². The largest absolute Gasteiger partial charge is 0.345 e. The molecule has 0 aromatic carbocycles. The van der Waals surface area contributed by atoms with E-state index in [0.717, 1.165) is 13.1 Å². The lowest BCUT2D eigenvalue weighted by Gasteiger charge is -2.31. The van der Waals surface area contributed by atoms with Gasteiger partial charge in [0.05, 0.1) is 6.54 Å². The number of carbonyl (C=O) groups is 1. The summed E-state index contributed by atoms with van der Waals surface area (Å²) in [5.41, 5.74) is 0. The van der Waals surface area contributed by atoms with Gasteiger partial charge in [0.1, 0.15) is 0 Å². The molecule has 0 spiro atoms. The lowest BCUT2D eigenvalue weighted by atomic mass is 9.88. The van der Waals surface area contributed by atoms with Crippen LogP contribution >= 0.6 is 0 Å². The zero-order chi connectivity index (χ0) is 8.97. The van der Waals surface area contributed by atoms with E-state index >= 15 is 0 Å². The number of hydrogen-bond donors (Lipinski definition) is 2. The van der Waals surface area contributed by atoms with Gasteiger partial charge in [0.15, 0.2) is 0 Å². The van der Waals surface area contributed by atoms with E-state index in [2.05, 4.69) is 16.6 Å². The number of carbonyl (C=O) groups excluding carboxylic acids is 1. The Morgan fingerprint density at radius 1 is 1.83 bits per heavy atom. The second-order valence-corrected chi connectivity index (χ2v) is 3.13. The molecule has 1 heterocycles. The van der Waals surface area contributed by atoms with Gasteiger partial charge >= 0.3 is 0 Å². The lowest BCUT2D eigenvalue weighted by Crippen LogP contribution is -2.49. The van der Waals surface area contributed by atoms with Crippen LogP contribution in [0, 0.1) is 24.2 Å². The smallest absolute Gasteiger partial charge is 0.223 e. The molecule has 0 aromatic rings. The second kappa shape index (κ2) is 4.13. The van der Waals surface area contributed by atoms with Gasteiger partial charge in [-0.2, -0.15) is 0 Å². The number of hydrogen-bond acceptors (Lipinski definition) is 2. The number of rotatable bonds is 3. The molecule has 1 unspecified atom stereocenters. The van der Waals surface area contributed by atoms with E-state index in [9.17, 15) is 4.79 Å². The molecule has 1 aliphatic rings. The van der Waals surface area contributed by atoms with E-state index in [4.69, 9.17) is 6.42 Å². The highest BCUT2D eigenvalue weighted by atomic mass is 16.1. The molecule has 2 N–H and O–H groups in total. The Labute approximate surface area is 72.9 Å². The average Bonchev–Trinajstić information content (AvgIpc) is 1.96. The van der Waals surface area contributed by atoms with E-state index in [1.807, 2.05) is 6.92 Å². The third-order valence-corrected chi connectivity index (χ3v) is 2.30. The van der Waals surface area contributed by atoms with Crippen molar-refractivity contribution in [1.82, 2.24) is 10.6 Å². The Hall–Kier alpha value is -1.01. The summed E-state index contributed by atoms with van der Waals surface area (Å²) in [5, 5.41) is 5.81. The van der Waals surface area contributed by atoms with Crippen LogP contribution in [-0.2, 0) is 4.79 Å². The minimum absolute atomic E-state index is 0.0689. The molecule has 1 aliphatic heterocycles. The molecule has 1 fully saturated rings. The Bertz CT molecular complexity index is 203. The zero-order valence-electron chi connectivity index (χ0n) is 7.26. The van der Waals surface area contributed by atoms with Crippen molar-refractivity contribution < 1.29 is 4.79 Å². The van der Waals surface area contributed by atoms with Crippen molar-refractivity contribution in [2.75, 3.05) is 19.6 Å². The molecule has 12 heavy (non-hydrogen) atoms. The first-order valence-corrected chi connectivity index (χ1v) is 4.17. The second-order valence-electron chi connectivity index (χ2n) is 3.13. The number of nitrogens with one attached hydrogen (secondary N) is 2. The summed E-state index contributed by atoms with van der Waals surface area (Å²) in [6.45, 7) is 4.18. The van der Waals surface area contributed by atoms with E-state index in [-0.39, 0.29) is 11.8 Å². The number of terminal acetylenes is 1. The summed E-state index contributed by atoms with van der Waals surface area (Å²) in [6.07, 6.45) is 5.02. The Balaban J connectivity index is 2.26. The zero-order valence-corrected chi connectivity index (χ0v) is 7.26. The molecule has 1 saturated heterocycles. The standard InChI is InChI=1S/C9H14N2O/c1-3-4-11-9(12)7(2)8-5-10-6-8/h1,7-8,10H,4-6H2,2H3,(H,11,12). The van der Waals surface area contributed by atoms with Gasteiger partial charge in [-0.1, -0.05) is 12.8 Å². The molecule has 1 atom stereocenters. The third kappa shape index (κ3) is 1.99. The quantitative estimate of drug-likeness (QED) is 0.560.